The average Bonchev–Trinajstić information content (AvgIpc) is 2.32. The molecule has 0 aromatic rings. The molecule has 10 heavy (non-hydrogen) atoms. The summed E-state index contributed by atoms with van der Waals surface area (Å²) < 4.78 is 0. The largest absolute Gasteiger partial charge is 0.394 e. The maximum Gasteiger partial charge on any atom is 0.0612 e. The van der Waals surface area contributed by atoms with Crippen molar-refractivity contribution in [2.45, 2.75) is 32.2 Å². The van der Waals surface area contributed by atoms with Gasteiger partial charge in [0.1, 0.15) is 0 Å². The van der Waals surface area contributed by atoms with Crippen LogP contribution in [0.1, 0.15) is 26.7 Å². The molecule has 2 heteroatoms. The van der Waals surface area contributed by atoms with Crippen molar-refractivity contribution in [1.82, 2.24) is 4.90 Å². The number of hydrogen-bond acceptors (Lipinski definition) is 2. The standard InChI is InChI=1S/C8H17NO/c1-3-9-6-4-5-8(9,2)7-10/h10H,3-7H2,1-2H3/t8-/m1/s1. The van der Waals surface area contributed by atoms with E-state index in [2.05, 4.69) is 18.7 Å². The second kappa shape index (κ2) is 2.89. The quantitative estimate of drug-likeness (QED) is 0.619. The Balaban J connectivity index is 2.56. The van der Waals surface area contributed by atoms with Gasteiger partial charge in [-0.05, 0) is 32.9 Å². The Labute approximate surface area is 62.8 Å². The molecule has 1 atom stereocenters. The summed E-state index contributed by atoms with van der Waals surface area (Å²) in [6.07, 6.45) is 2.39. The Morgan fingerprint density at radius 3 is 2.70 bits per heavy atom. The van der Waals surface area contributed by atoms with Crippen molar-refractivity contribution in [3.8, 4) is 0 Å². The fourth-order valence-electron chi connectivity index (χ4n) is 1.80. The van der Waals surface area contributed by atoms with Crippen molar-refractivity contribution < 1.29 is 5.11 Å². The lowest BCUT2D eigenvalue weighted by molar-refractivity contribution is 0.0836. The van der Waals surface area contributed by atoms with E-state index in [-0.39, 0.29) is 5.54 Å². The predicted octanol–water partition coefficient (Wildman–Crippen LogP) is 0.853. The molecular weight excluding hydrogens is 126 g/mol. The highest BCUT2D eigenvalue weighted by atomic mass is 16.3. The molecular formula is C8H17NO. The highest BCUT2D eigenvalue weighted by Crippen LogP contribution is 2.27. The van der Waals surface area contributed by atoms with Gasteiger partial charge in [-0.3, -0.25) is 4.90 Å². The SMILES string of the molecule is CCN1CCC[C@]1(C)CO. The Bertz CT molecular complexity index is 116. The number of likely N-dealkylation sites (tertiary alicyclic amines) is 1. The fraction of sp³-hybridized carbons (Fsp3) is 1.00. The fourth-order valence-corrected chi connectivity index (χ4v) is 1.80. The second-order valence-corrected chi connectivity index (χ2v) is 3.34. The van der Waals surface area contributed by atoms with E-state index in [4.69, 9.17) is 5.11 Å². The van der Waals surface area contributed by atoms with Crippen LogP contribution in [0, 0.1) is 0 Å². The van der Waals surface area contributed by atoms with E-state index >= 15 is 0 Å². The Morgan fingerprint density at radius 1 is 1.60 bits per heavy atom. The monoisotopic (exact) mass is 143 g/mol. The summed E-state index contributed by atoms with van der Waals surface area (Å²) in [5.74, 6) is 0. The molecule has 0 spiro atoms. The van der Waals surface area contributed by atoms with Gasteiger partial charge in [-0.25, -0.2) is 0 Å². The Morgan fingerprint density at radius 2 is 2.30 bits per heavy atom. The normalized spacial score (nSPS) is 35.1. The van der Waals surface area contributed by atoms with Crippen LogP contribution < -0.4 is 0 Å². The summed E-state index contributed by atoms with van der Waals surface area (Å²) in [5.41, 5.74) is 0.0920. The molecule has 0 radical (unpaired) electrons. The van der Waals surface area contributed by atoms with Crippen LogP contribution in [0.15, 0.2) is 0 Å². The van der Waals surface area contributed by atoms with E-state index in [0.717, 1.165) is 19.5 Å². The molecule has 0 bridgehead atoms. The van der Waals surface area contributed by atoms with Crippen molar-refractivity contribution in [1.29, 1.82) is 0 Å². The summed E-state index contributed by atoms with van der Waals surface area (Å²) in [4.78, 5) is 2.35. The Kier molecular flexibility index (Phi) is 2.32. The first kappa shape index (κ1) is 8.02. The van der Waals surface area contributed by atoms with Gasteiger partial charge in [0.25, 0.3) is 0 Å². The van der Waals surface area contributed by atoms with Gasteiger partial charge in [-0.1, -0.05) is 6.92 Å². The molecule has 0 saturated carbocycles. The maximum absolute atomic E-state index is 9.09. The number of aliphatic hydroxyl groups excluding tert-OH is 1. The van der Waals surface area contributed by atoms with Crippen molar-refractivity contribution in [2.75, 3.05) is 19.7 Å². The van der Waals surface area contributed by atoms with Crippen molar-refractivity contribution in [3.05, 3.63) is 0 Å². The van der Waals surface area contributed by atoms with Crippen LogP contribution in [0.3, 0.4) is 0 Å². The zero-order valence-electron chi connectivity index (χ0n) is 6.93. The molecule has 1 heterocycles. The van der Waals surface area contributed by atoms with E-state index < -0.39 is 0 Å². The molecule has 1 saturated heterocycles. The van der Waals surface area contributed by atoms with Gasteiger partial charge in [0.05, 0.1) is 6.61 Å². The number of nitrogens with zero attached hydrogens (tertiary/aromatic N) is 1. The van der Waals surface area contributed by atoms with Crippen LogP contribution in [0.4, 0.5) is 0 Å². The molecule has 60 valence electrons. The molecule has 1 rings (SSSR count). The van der Waals surface area contributed by atoms with Gasteiger partial charge in [0.15, 0.2) is 0 Å². The van der Waals surface area contributed by atoms with Crippen LogP contribution in [0.5, 0.6) is 0 Å². The highest BCUT2D eigenvalue weighted by Gasteiger charge is 2.34. The summed E-state index contributed by atoms with van der Waals surface area (Å²) in [7, 11) is 0. The minimum absolute atomic E-state index is 0.0920. The minimum atomic E-state index is 0.0920. The van der Waals surface area contributed by atoms with E-state index in [1.807, 2.05) is 0 Å². The molecule has 0 aromatic carbocycles. The summed E-state index contributed by atoms with van der Waals surface area (Å²) in [6.45, 7) is 6.83. The van der Waals surface area contributed by atoms with Gasteiger partial charge < -0.3 is 5.11 Å². The lowest BCUT2D eigenvalue weighted by atomic mass is 10.0. The lowest BCUT2D eigenvalue weighted by Gasteiger charge is -2.32. The zero-order valence-corrected chi connectivity index (χ0v) is 6.93. The van der Waals surface area contributed by atoms with Crippen LogP contribution in [-0.2, 0) is 0 Å². The predicted molar refractivity (Wildman–Crippen MR) is 42.0 cm³/mol. The van der Waals surface area contributed by atoms with Crippen LogP contribution in [0.2, 0.25) is 0 Å². The zero-order chi connectivity index (χ0) is 7.61. The first-order valence-electron chi connectivity index (χ1n) is 4.09. The molecule has 0 aliphatic carbocycles. The summed E-state index contributed by atoms with van der Waals surface area (Å²) in [6, 6.07) is 0. The van der Waals surface area contributed by atoms with E-state index in [9.17, 15) is 0 Å². The van der Waals surface area contributed by atoms with Gasteiger partial charge in [-0.15, -0.1) is 0 Å². The van der Waals surface area contributed by atoms with E-state index in [0.29, 0.717) is 6.61 Å². The Hall–Kier alpha value is -0.0800. The molecule has 1 N–H and O–H groups in total. The van der Waals surface area contributed by atoms with E-state index in [1.165, 1.54) is 6.42 Å². The highest BCUT2D eigenvalue weighted by molar-refractivity contribution is 4.90. The molecule has 0 amide bonds. The second-order valence-electron chi connectivity index (χ2n) is 3.34. The lowest BCUT2D eigenvalue weighted by Crippen LogP contribution is -2.43. The first-order chi connectivity index (χ1) is 4.73. The van der Waals surface area contributed by atoms with Crippen LogP contribution >= 0.6 is 0 Å². The van der Waals surface area contributed by atoms with Gasteiger partial charge >= 0.3 is 0 Å². The molecule has 2 nitrogen and oxygen atoms in total. The van der Waals surface area contributed by atoms with Crippen LogP contribution in [-0.4, -0.2) is 35.2 Å². The van der Waals surface area contributed by atoms with Gasteiger partial charge in [0, 0.05) is 5.54 Å². The number of aliphatic hydroxyl groups is 1. The van der Waals surface area contributed by atoms with Crippen LogP contribution in [0.25, 0.3) is 0 Å². The third kappa shape index (κ3) is 1.18. The van der Waals surface area contributed by atoms with Gasteiger partial charge in [0.2, 0.25) is 0 Å². The van der Waals surface area contributed by atoms with Crippen molar-refractivity contribution in [2.24, 2.45) is 0 Å². The number of rotatable bonds is 2. The first-order valence-corrected chi connectivity index (χ1v) is 4.09. The maximum atomic E-state index is 9.09. The molecule has 0 unspecified atom stereocenters. The summed E-state index contributed by atoms with van der Waals surface area (Å²) in [5, 5.41) is 9.09. The number of hydrogen-bond donors (Lipinski definition) is 1. The van der Waals surface area contributed by atoms with Crippen molar-refractivity contribution in [3.63, 3.8) is 0 Å². The van der Waals surface area contributed by atoms with Crippen molar-refractivity contribution >= 4 is 0 Å². The van der Waals surface area contributed by atoms with E-state index in [1.54, 1.807) is 0 Å². The molecule has 1 fully saturated rings. The minimum Gasteiger partial charge on any atom is -0.394 e. The third-order valence-corrected chi connectivity index (χ3v) is 2.63. The topological polar surface area (TPSA) is 23.5 Å². The average molecular weight is 143 g/mol. The van der Waals surface area contributed by atoms with Gasteiger partial charge in [-0.2, -0.15) is 0 Å². The number of likely N-dealkylation sites (N-methyl/N-ethyl adjacent to an activating group) is 1. The third-order valence-electron chi connectivity index (χ3n) is 2.63. The summed E-state index contributed by atoms with van der Waals surface area (Å²) >= 11 is 0. The smallest absolute Gasteiger partial charge is 0.0612 e. The molecule has 0 aromatic heterocycles. The molecule has 1 aliphatic rings. The molecule has 1 aliphatic heterocycles.